The summed E-state index contributed by atoms with van der Waals surface area (Å²) in [5.41, 5.74) is 4.45. The number of nitrogens with one attached hydrogen (secondary N) is 1. The lowest BCUT2D eigenvalue weighted by molar-refractivity contribution is -0.222. The average Bonchev–Trinajstić information content (AvgIpc) is 3.66. The Morgan fingerprint density at radius 1 is 0.943 bits per heavy atom. The fraction of sp³-hybridized carbons (Fsp3) is 0.615. The maximum absolute atomic E-state index is 14.7. The van der Waals surface area contributed by atoms with Gasteiger partial charge < -0.3 is 43.4 Å². The van der Waals surface area contributed by atoms with Crippen LogP contribution in [0.1, 0.15) is 40.8 Å². The summed E-state index contributed by atoms with van der Waals surface area (Å²) in [6.07, 6.45) is -0.909. The van der Waals surface area contributed by atoms with E-state index in [-0.39, 0.29) is 54.6 Å². The third kappa shape index (κ3) is 4.82. The minimum atomic E-state index is -1.21. The Balaban J connectivity index is 1.25. The van der Waals surface area contributed by atoms with E-state index in [2.05, 4.69) is 28.2 Å². The highest BCUT2D eigenvalue weighted by Crippen LogP contribution is 2.60. The first-order valence-electron chi connectivity index (χ1n) is 18.4. The van der Waals surface area contributed by atoms with Crippen LogP contribution < -0.4 is 24.3 Å². The number of esters is 1. The van der Waals surface area contributed by atoms with Gasteiger partial charge >= 0.3 is 5.97 Å². The molecular formula is C39H49N3O10S. The van der Waals surface area contributed by atoms with E-state index in [9.17, 15) is 15.0 Å². The number of methoxy groups -OCH3 is 4. The molecule has 5 unspecified atom stereocenters. The van der Waals surface area contributed by atoms with Crippen molar-refractivity contribution in [2.45, 2.75) is 80.1 Å². The van der Waals surface area contributed by atoms with Crippen molar-refractivity contribution in [2.24, 2.45) is 11.8 Å². The highest BCUT2D eigenvalue weighted by atomic mass is 32.2. The molecule has 2 aromatic carbocycles. The molecule has 0 amide bonds. The molecule has 10 rings (SSSR count). The van der Waals surface area contributed by atoms with Crippen LogP contribution in [0, 0.1) is 18.8 Å². The minimum absolute atomic E-state index is 0.0136. The summed E-state index contributed by atoms with van der Waals surface area (Å²) in [6.45, 7) is 4.57. The molecule has 1 aliphatic carbocycles. The smallest absolute Gasteiger partial charge is 0.331 e. The number of hydrogen-bond acceptors (Lipinski definition) is 14. The average molecular weight is 752 g/mol. The van der Waals surface area contributed by atoms with Crippen LogP contribution in [0.4, 0.5) is 0 Å². The SMILES string of the molecule is COc1cc2c(cc1OC)[C@@]1(CS[C@@H]3C4C(O)C(C)=C5OCOC5C4[C@H](COC1=O)N1C3[C@H]3c4c(cc(C)c(OC)c4OC)C[C@@H]([C@@H]1O)N3C)NCC2. The molecule has 3 N–H and O–H groups in total. The summed E-state index contributed by atoms with van der Waals surface area (Å²) in [7, 11) is 8.63. The van der Waals surface area contributed by atoms with Crippen molar-refractivity contribution in [3.8, 4) is 23.0 Å². The molecule has 4 bridgehead atoms. The number of rotatable bonds is 4. The second-order valence-electron chi connectivity index (χ2n) is 15.5. The number of fused-ring (bicyclic) bond motifs is 9. The topological polar surface area (TPSA) is 141 Å². The summed E-state index contributed by atoms with van der Waals surface area (Å²) >= 11 is 1.65. The van der Waals surface area contributed by atoms with Crippen LogP contribution in [-0.4, -0.2) is 129 Å². The number of benzene rings is 2. The molecular weight excluding hydrogens is 703 g/mol. The largest absolute Gasteiger partial charge is 0.493 e. The Morgan fingerprint density at radius 3 is 2.43 bits per heavy atom. The number of ether oxygens (including phenoxy) is 7. The van der Waals surface area contributed by atoms with E-state index in [1.54, 1.807) is 40.2 Å². The van der Waals surface area contributed by atoms with E-state index in [4.69, 9.17) is 33.2 Å². The molecule has 7 aliphatic heterocycles. The molecule has 0 aromatic heterocycles. The molecule has 1 spiro atoms. The second kappa shape index (κ2) is 12.9. The maximum Gasteiger partial charge on any atom is 0.331 e. The molecule has 53 heavy (non-hydrogen) atoms. The fourth-order valence-electron chi connectivity index (χ4n) is 11.0. The van der Waals surface area contributed by atoms with Gasteiger partial charge in [-0.3, -0.25) is 15.1 Å². The van der Waals surface area contributed by atoms with Crippen molar-refractivity contribution in [1.29, 1.82) is 0 Å². The highest BCUT2D eigenvalue weighted by molar-refractivity contribution is 8.00. The van der Waals surface area contributed by atoms with Crippen molar-refractivity contribution >= 4 is 17.7 Å². The van der Waals surface area contributed by atoms with Crippen molar-refractivity contribution in [1.82, 2.24) is 15.1 Å². The third-order valence-corrected chi connectivity index (χ3v) is 14.9. The summed E-state index contributed by atoms with van der Waals surface area (Å²) in [5, 5.41) is 28.3. The Hall–Kier alpha value is -3.24. The van der Waals surface area contributed by atoms with Gasteiger partial charge in [0.1, 0.15) is 24.7 Å². The van der Waals surface area contributed by atoms with Gasteiger partial charge in [0.05, 0.1) is 52.7 Å². The normalized spacial score (nSPS) is 37.4. The molecule has 286 valence electrons. The van der Waals surface area contributed by atoms with Gasteiger partial charge in [0.15, 0.2) is 35.3 Å². The lowest BCUT2D eigenvalue weighted by Gasteiger charge is -2.66. The zero-order valence-electron chi connectivity index (χ0n) is 31.2. The zero-order valence-corrected chi connectivity index (χ0v) is 32.0. The zero-order chi connectivity index (χ0) is 37.1. The summed E-state index contributed by atoms with van der Waals surface area (Å²) in [6, 6.07) is 4.68. The van der Waals surface area contributed by atoms with Crippen LogP contribution in [-0.2, 0) is 37.4 Å². The van der Waals surface area contributed by atoms with E-state index in [0.717, 1.165) is 33.4 Å². The van der Waals surface area contributed by atoms with E-state index < -0.39 is 30.0 Å². The number of nitrogens with zero attached hydrogens (tertiary/aromatic N) is 2. The Morgan fingerprint density at radius 2 is 1.70 bits per heavy atom. The van der Waals surface area contributed by atoms with Gasteiger partial charge in [-0.25, -0.2) is 4.79 Å². The Kier molecular flexibility index (Phi) is 8.65. The highest BCUT2D eigenvalue weighted by Gasteiger charge is 2.67. The van der Waals surface area contributed by atoms with Crippen molar-refractivity contribution in [2.75, 3.05) is 61.2 Å². The van der Waals surface area contributed by atoms with E-state index in [1.807, 2.05) is 26.0 Å². The fourth-order valence-corrected chi connectivity index (χ4v) is 12.9. The number of aliphatic hydroxyl groups excluding tert-OH is 2. The molecule has 5 saturated heterocycles. The predicted molar refractivity (Wildman–Crippen MR) is 194 cm³/mol. The van der Waals surface area contributed by atoms with Gasteiger partial charge in [-0.2, -0.15) is 11.8 Å². The van der Waals surface area contributed by atoms with Gasteiger partial charge in [0, 0.05) is 41.0 Å². The third-order valence-electron chi connectivity index (χ3n) is 13.3. The molecule has 0 radical (unpaired) electrons. The predicted octanol–water partition coefficient (Wildman–Crippen LogP) is 2.27. The Labute approximate surface area is 313 Å². The van der Waals surface area contributed by atoms with Gasteiger partial charge in [-0.1, -0.05) is 6.07 Å². The number of hydrogen-bond donors (Lipinski definition) is 3. The number of piperazine rings is 1. The molecule has 13 nitrogen and oxygen atoms in total. The molecule has 8 aliphatic rings. The molecule has 14 heteroatoms. The van der Waals surface area contributed by atoms with Crippen LogP contribution >= 0.6 is 11.8 Å². The first-order chi connectivity index (χ1) is 25.6. The second-order valence-corrected chi connectivity index (χ2v) is 16.6. The summed E-state index contributed by atoms with van der Waals surface area (Å²) < 4.78 is 42.4. The van der Waals surface area contributed by atoms with Crippen LogP contribution in [0.25, 0.3) is 0 Å². The molecule has 5 fully saturated rings. The maximum atomic E-state index is 14.7. The lowest BCUT2D eigenvalue weighted by Crippen LogP contribution is -2.78. The number of likely N-dealkylation sites (N-methyl/N-ethyl adjacent to an activating group) is 1. The van der Waals surface area contributed by atoms with Crippen LogP contribution in [0.3, 0.4) is 0 Å². The molecule has 2 aromatic rings. The summed E-state index contributed by atoms with van der Waals surface area (Å²) in [5.74, 6) is 2.41. The first kappa shape index (κ1) is 35.5. The number of thioether (sulfide) groups is 1. The van der Waals surface area contributed by atoms with Gasteiger partial charge in [0.2, 0.25) is 0 Å². The van der Waals surface area contributed by atoms with Gasteiger partial charge in [-0.05, 0) is 73.7 Å². The summed E-state index contributed by atoms with van der Waals surface area (Å²) in [4.78, 5) is 19.2. The van der Waals surface area contributed by atoms with Crippen molar-refractivity contribution in [3.05, 3.63) is 57.3 Å². The number of aliphatic hydroxyl groups is 2. The first-order valence-corrected chi connectivity index (χ1v) is 19.5. The molecule has 11 atom stereocenters. The van der Waals surface area contributed by atoms with E-state index in [0.29, 0.717) is 53.9 Å². The van der Waals surface area contributed by atoms with Crippen LogP contribution in [0.5, 0.6) is 23.0 Å². The Bertz CT molecular complexity index is 1870. The van der Waals surface area contributed by atoms with E-state index in [1.165, 1.54) is 0 Å². The van der Waals surface area contributed by atoms with Gasteiger partial charge in [-0.15, -0.1) is 0 Å². The number of carbonyl (C=O) groups is 1. The number of piperidine rings is 1. The molecule has 0 saturated carbocycles. The van der Waals surface area contributed by atoms with E-state index >= 15 is 0 Å². The standard InChI is InChI=1S/C39H49N3O10S/c1-17-10-20-11-22-37(44)42-23-14-50-38(45)39(21-13-25(47-5)24(46-4)12-19(21)8-9-40-39)15-53-36(28-27(23)35-33(51-16-52-35)18(2)31(28)43)30(42)29(41(22)3)26(20)34(49-7)32(17)48-6/h10,12-13,22-23,27-31,35-37,40,43-44H,8-9,11,14-16H2,1-7H3/t22-,23-,27?,28?,29+,30?,31?,35?,36+,37-,39+/m0/s1. The minimum Gasteiger partial charge on any atom is -0.493 e. The quantitative estimate of drug-likeness (QED) is 0.394. The van der Waals surface area contributed by atoms with Crippen LogP contribution in [0.2, 0.25) is 0 Å². The van der Waals surface area contributed by atoms with Gasteiger partial charge in [0.25, 0.3) is 0 Å². The van der Waals surface area contributed by atoms with Crippen molar-refractivity contribution < 1.29 is 48.2 Å². The van der Waals surface area contributed by atoms with Crippen molar-refractivity contribution in [3.63, 3.8) is 0 Å². The molecule has 7 heterocycles. The monoisotopic (exact) mass is 751 g/mol. The van der Waals surface area contributed by atoms with Crippen LogP contribution in [0.15, 0.2) is 29.5 Å². The number of aryl methyl sites for hydroxylation is 1. The lowest BCUT2D eigenvalue weighted by atomic mass is 9.62. The number of carbonyl (C=O) groups excluding carboxylic acids is 1.